The molecular weight excluding hydrogens is 459 g/mol. The molecule has 0 aliphatic carbocycles. The zero-order chi connectivity index (χ0) is 21.8. The molecule has 0 amide bonds. The van der Waals surface area contributed by atoms with E-state index >= 15 is 0 Å². The van der Waals surface area contributed by atoms with Crippen molar-refractivity contribution in [2.75, 3.05) is 30.6 Å². The second-order valence-corrected chi connectivity index (χ2v) is 10.5. The van der Waals surface area contributed by atoms with Crippen LogP contribution in [0.25, 0.3) is 0 Å². The Morgan fingerprint density at radius 1 is 1.10 bits per heavy atom. The van der Waals surface area contributed by atoms with Crippen molar-refractivity contribution in [3.8, 4) is 0 Å². The van der Waals surface area contributed by atoms with Gasteiger partial charge in [0.25, 0.3) is 10.0 Å². The summed E-state index contributed by atoms with van der Waals surface area (Å²) in [7, 11) is -3.95. The topological polar surface area (TPSA) is 49.9 Å². The monoisotopic (exact) mass is 480 g/mol. The third-order valence-electron chi connectivity index (χ3n) is 5.09. The van der Waals surface area contributed by atoms with Crippen molar-refractivity contribution in [1.82, 2.24) is 4.90 Å². The Labute approximate surface area is 190 Å². The number of hydrogen-bond donors (Lipinski definition) is 0. The van der Waals surface area contributed by atoms with E-state index < -0.39 is 15.8 Å². The molecule has 4 rings (SSSR count). The molecular formula is C22H22ClFN2O3S2. The smallest absolute Gasteiger partial charge is 0.264 e. The summed E-state index contributed by atoms with van der Waals surface area (Å²) in [6.07, 6.45) is 0. The van der Waals surface area contributed by atoms with Gasteiger partial charge in [0.2, 0.25) is 0 Å². The quantitative estimate of drug-likeness (QED) is 0.489. The molecule has 0 saturated carbocycles. The summed E-state index contributed by atoms with van der Waals surface area (Å²) in [6.45, 7) is 4.18. The largest absolute Gasteiger partial charge is 0.379 e. The Morgan fingerprint density at radius 3 is 2.48 bits per heavy atom. The average Bonchev–Trinajstić information content (AvgIpc) is 3.29. The molecule has 0 N–H and O–H groups in total. The summed E-state index contributed by atoms with van der Waals surface area (Å²) < 4.78 is 47.2. The van der Waals surface area contributed by atoms with Crippen LogP contribution in [-0.4, -0.2) is 39.6 Å². The van der Waals surface area contributed by atoms with Gasteiger partial charge in [-0.05, 0) is 47.3 Å². The minimum Gasteiger partial charge on any atom is -0.379 e. The molecule has 1 aliphatic heterocycles. The highest BCUT2D eigenvalue weighted by Crippen LogP contribution is 2.29. The number of halogens is 2. The van der Waals surface area contributed by atoms with Crippen molar-refractivity contribution in [3.63, 3.8) is 0 Å². The maximum atomic E-state index is 13.6. The van der Waals surface area contributed by atoms with E-state index in [0.717, 1.165) is 55.4 Å². The lowest BCUT2D eigenvalue weighted by molar-refractivity contribution is 0.0342. The van der Waals surface area contributed by atoms with Crippen LogP contribution in [0.4, 0.5) is 10.1 Å². The van der Waals surface area contributed by atoms with Gasteiger partial charge in [-0.3, -0.25) is 9.21 Å². The van der Waals surface area contributed by atoms with E-state index in [1.54, 1.807) is 0 Å². The number of morpholine rings is 1. The molecule has 2 heterocycles. The Kier molecular flexibility index (Phi) is 6.93. The molecule has 2 aromatic carbocycles. The van der Waals surface area contributed by atoms with E-state index in [0.29, 0.717) is 5.69 Å². The molecule has 0 unspecified atom stereocenters. The van der Waals surface area contributed by atoms with Crippen LogP contribution in [0.5, 0.6) is 0 Å². The molecule has 31 heavy (non-hydrogen) atoms. The fourth-order valence-corrected chi connectivity index (χ4v) is 5.90. The van der Waals surface area contributed by atoms with E-state index in [4.69, 9.17) is 16.3 Å². The number of hydrogen-bond acceptors (Lipinski definition) is 5. The highest BCUT2D eigenvalue weighted by atomic mass is 35.5. The van der Waals surface area contributed by atoms with Gasteiger partial charge in [-0.15, -0.1) is 11.3 Å². The van der Waals surface area contributed by atoms with Crippen LogP contribution in [0.3, 0.4) is 0 Å². The Hall–Kier alpha value is -1.97. The van der Waals surface area contributed by atoms with Crippen molar-refractivity contribution in [2.45, 2.75) is 18.0 Å². The zero-order valence-corrected chi connectivity index (χ0v) is 19.1. The minimum atomic E-state index is -3.95. The third-order valence-corrected chi connectivity index (χ3v) is 8.01. The van der Waals surface area contributed by atoms with Gasteiger partial charge < -0.3 is 4.74 Å². The first-order valence-corrected chi connectivity index (χ1v) is 12.5. The van der Waals surface area contributed by atoms with E-state index in [2.05, 4.69) is 4.90 Å². The molecule has 3 aromatic rings. The molecule has 0 atom stereocenters. The van der Waals surface area contributed by atoms with Crippen LogP contribution in [0.1, 0.15) is 10.4 Å². The normalized spacial score (nSPS) is 15.2. The summed E-state index contributed by atoms with van der Waals surface area (Å²) in [5, 5.41) is 1.68. The number of sulfonamides is 1. The predicted octanol–water partition coefficient (Wildman–Crippen LogP) is 4.77. The molecule has 0 radical (unpaired) electrons. The molecule has 1 aromatic heterocycles. The van der Waals surface area contributed by atoms with Gasteiger partial charge in [-0.1, -0.05) is 29.8 Å². The average molecular weight is 481 g/mol. The molecule has 1 aliphatic rings. The third kappa shape index (κ3) is 5.27. The number of thiophene rings is 1. The first-order chi connectivity index (χ1) is 14.9. The van der Waals surface area contributed by atoms with Crippen LogP contribution in [0.15, 0.2) is 64.9 Å². The first-order valence-electron chi connectivity index (χ1n) is 9.83. The minimum absolute atomic E-state index is 0.0483. The van der Waals surface area contributed by atoms with Gasteiger partial charge in [0.05, 0.1) is 35.4 Å². The number of ether oxygens (including phenoxy) is 1. The van der Waals surface area contributed by atoms with Gasteiger partial charge in [0, 0.05) is 24.5 Å². The predicted molar refractivity (Wildman–Crippen MR) is 122 cm³/mol. The maximum Gasteiger partial charge on any atom is 0.264 e. The lowest BCUT2D eigenvalue weighted by atomic mass is 10.2. The number of anilines is 1. The maximum absolute atomic E-state index is 13.6. The van der Waals surface area contributed by atoms with Gasteiger partial charge >= 0.3 is 0 Å². The lowest BCUT2D eigenvalue weighted by Gasteiger charge is -2.27. The zero-order valence-electron chi connectivity index (χ0n) is 16.7. The van der Waals surface area contributed by atoms with Crippen molar-refractivity contribution in [2.24, 2.45) is 0 Å². The van der Waals surface area contributed by atoms with Crippen LogP contribution >= 0.6 is 22.9 Å². The van der Waals surface area contributed by atoms with E-state index in [9.17, 15) is 12.8 Å². The van der Waals surface area contributed by atoms with Gasteiger partial charge in [-0.25, -0.2) is 12.8 Å². The standard InChI is InChI=1S/C22H22ClFN2O3S2/c23-21-14-20(7-8-22(21)24)31(27,28)26(16-19-2-1-13-30-19)18-5-3-17(4-6-18)15-25-9-11-29-12-10-25/h1-8,13-14H,9-12,15-16H2. The number of nitrogens with zero attached hydrogens (tertiary/aromatic N) is 2. The van der Waals surface area contributed by atoms with E-state index in [-0.39, 0.29) is 16.5 Å². The van der Waals surface area contributed by atoms with Gasteiger partial charge in [0.1, 0.15) is 5.82 Å². The van der Waals surface area contributed by atoms with Gasteiger partial charge in [-0.2, -0.15) is 0 Å². The van der Waals surface area contributed by atoms with Crippen molar-refractivity contribution < 1.29 is 17.5 Å². The number of benzene rings is 2. The van der Waals surface area contributed by atoms with Crippen LogP contribution in [0, 0.1) is 5.82 Å². The highest BCUT2D eigenvalue weighted by molar-refractivity contribution is 7.92. The first kappa shape index (κ1) is 22.2. The fraction of sp³-hybridized carbons (Fsp3) is 0.273. The summed E-state index contributed by atoms with van der Waals surface area (Å²) in [5.74, 6) is -0.655. The van der Waals surface area contributed by atoms with Crippen LogP contribution in [0.2, 0.25) is 5.02 Å². The van der Waals surface area contributed by atoms with E-state index in [1.807, 2.05) is 41.8 Å². The summed E-state index contributed by atoms with van der Waals surface area (Å²) in [4.78, 5) is 3.15. The van der Waals surface area contributed by atoms with E-state index in [1.165, 1.54) is 21.7 Å². The second kappa shape index (κ2) is 9.67. The Balaban J connectivity index is 1.63. The summed E-state index contributed by atoms with van der Waals surface area (Å²) in [5.41, 5.74) is 1.64. The van der Waals surface area contributed by atoms with Crippen LogP contribution in [-0.2, 0) is 27.8 Å². The van der Waals surface area contributed by atoms with Gasteiger partial charge in [0.15, 0.2) is 0 Å². The second-order valence-electron chi connectivity index (χ2n) is 7.22. The van der Waals surface area contributed by atoms with Crippen molar-refractivity contribution >= 4 is 38.6 Å². The molecule has 0 bridgehead atoms. The molecule has 9 heteroatoms. The Morgan fingerprint density at radius 2 is 1.84 bits per heavy atom. The highest BCUT2D eigenvalue weighted by Gasteiger charge is 2.26. The Bertz CT molecular complexity index is 1120. The molecule has 1 fully saturated rings. The van der Waals surface area contributed by atoms with Crippen molar-refractivity contribution in [1.29, 1.82) is 0 Å². The summed E-state index contributed by atoms with van der Waals surface area (Å²) in [6, 6.07) is 14.7. The summed E-state index contributed by atoms with van der Waals surface area (Å²) >= 11 is 7.34. The number of rotatable bonds is 7. The van der Waals surface area contributed by atoms with Crippen molar-refractivity contribution in [3.05, 3.63) is 81.3 Å². The molecule has 5 nitrogen and oxygen atoms in total. The van der Waals surface area contributed by atoms with Crippen LogP contribution < -0.4 is 4.31 Å². The molecule has 0 spiro atoms. The molecule has 1 saturated heterocycles. The molecule has 164 valence electrons. The lowest BCUT2D eigenvalue weighted by Crippen LogP contribution is -2.35. The fourth-order valence-electron chi connectivity index (χ4n) is 3.41. The SMILES string of the molecule is O=S(=O)(c1ccc(F)c(Cl)c1)N(Cc1cccs1)c1ccc(CN2CCOCC2)cc1.